The number of nitrogens with one attached hydrogen (secondary N) is 2. The number of amides is 1. The summed E-state index contributed by atoms with van der Waals surface area (Å²) in [4.78, 5) is 24.5. The normalized spacial score (nSPS) is 11.5. The maximum absolute atomic E-state index is 13.2. The first-order chi connectivity index (χ1) is 17.9. The van der Waals surface area contributed by atoms with Crippen LogP contribution in [0, 0.1) is 11.2 Å². The third-order valence-electron chi connectivity index (χ3n) is 5.81. The van der Waals surface area contributed by atoms with Crippen LogP contribution in [0.1, 0.15) is 28.4 Å². The fourth-order valence-electron chi connectivity index (χ4n) is 3.88. The molecule has 0 radical (unpaired) electrons. The van der Waals surface area contributed by atoms with Crippen LogP contribution in [0.4, 0.5) is 4.39 Å². The highest BCUT2D eigenvalue weighted by Gasteiger charge is 2.19. The number of rotatable bonds is 10. The molecule has 0 fully saturated rings. The quantitative estimate of drug-likeness (QED) is 0.292. The van der Waals surface area contributed by atoms with Crippen molar-refractivity contribution >= 4 is 11.9 Å². The third kappa shape index (κ3) is 6.91. The molecule has 8 heteroatoms. The summed E-state index contributed by atoms with van der Waals surface area (Å²) >= 11 is 0. The van der Waals surface area contributed by atoms with Gasteiger partial charge in [-0.05, 0) is 59.2 Å². The van der Waals surface area contributed by atoms with Crippen LogP contribution >= 0.6 is 0 Å². The number of carboxylic acid groups (broad SMARTS) is 1. The maximum atomic E-state index is 13.2. The maximum Gasteiger partial charge on any atom is 0.305 e. The predicted molar refractivity (Wildman–Crippen MR) is 137 cm³/mol. The van der Waals surface area contributed by atoms with Crippen molar-refractivity contribution in [2.45, 2.75) is 19.0 Å². The standard InChI is InChI=1S/C29H26FN3O4/c30-24-13-11-21(12-14-24)20-7-9-22(10-8-20)26(19-28(34)35)32-29(36)23-4-3-5-25(18-23)37-17-16-33-15-2-1-6-27(33)31/h1-15,18,26,31H,16-17,19H2,(H,32,36)(H,34,35). The van der Waals surface area contributed by atoms with Crippen LogP contribution in [0.5, 0.6) is 5.75 Å². The second-order valence-electron chi connectivity index (χ2n) is 8.41. The number of ether oxygens (including phenoxy) is 1. The molecule has 0 bridgehead atoms. The minimum absolute atomic E-state index is 0.290. The second-order valence-corrected chi connectivity index (χ2v) is 8.41. The van der Waals surface area contributed by atoms with Gasteiger partial charge in [0.05, 0.1) is 19.0 Å². The summed E-state index contributed by atoms with van der Waals surface area (Å²) in [6.07, 6.45) is 1.51. The molecule has 37 heavy (non-hydrogen) atoms. The van der Waals surface area contributed by atoms with Gasteiger partial charge in [0, 0.05) is 11.8 Å². The molecule has 0 aliphatic rings. The van der Waals surface area contributed by atoms with E-state index in [-0.39, 0.29) is 12.2 Å². The molecule has 0 aliphatic carbocycles. The zero-order valence-electron chi connectivity index (χ0n) is 19.9. The first kappa shape index (κ1) is 25.4. The Hall–Kier alpha value is -4.72. The van der Waals surface area contributed by atoms with Crippen LogP contribution in [-0.4, -0.2) is 28.2 Å². The zero-order chi connectivity index (χ0) is 26.2. The van der Waals surface area contributed by atoms with E-state index in [0.717, 1.165) is 11.1 Å². The van der Waals surface area contributed by atoms with Crippen molar-refractivity contribution in [2.24, 2.45) is 0 Å². The van der Waals surface area contributed by atoms with Crippen LogP contribution < -0.4 is 15.5 Å². The van der Waals surface area contributed by atoms with Crippen LogP contribution in [0.2, 0.25) is 0 Å². The van der Waals surface area contributed by atoms with Crippen molar-refractivity contribution in [2.75, 3.05) is 6.61 Å². The average molecular weight is 500 g/mol. The second kappa shape index (κ2) is 11.8. The molecule has 0 saturated heterocycles. The third-order valence-corrected chi connectivity index (χ3v) is 5.81. The number of halogens is 1. The molecule has 7 nitrogen and oxygen atoms in total. The van der Waals surface area contributed by atoms with Gasteiger partial charge in [0.2, 0.25) is 0 Å². The number of carboxylic acids is 1. The lowest BCUT2D eigenvalue weighted by Gasteiger charge is -2.18. The Morgan fingerprint density at radius 3 is 2.32 bits per heavy atom. The van der Waals surface area contributed by atoms with Gasteiger partial charge >= 0.3 is 5.97 Å². The topological polar surface area (TPSA) is 104 Å². The Morgan fingerprint density at radius 2 is 1.65 bits per heavy atom. The number of aromatic nitrogens is 1. The number of carbonyl (C=O) groups excluding carboxylic acids is 1. The summed E-state index contributed by atoms with van der Waals surface area (Å²) in [5, 5.41) is 20.1. The number of hydrogen-bond acceptors (Lipinski definition) is 4. The first-order valence-electron chi connectivity index (χ1n) is 11.7. The Labute approximate surface area is 213 Å². The van der Waals surface area contributed by atoms with Gasteiger partial charge in [-0.15, -0.1) is 0 Å². The Bertz CT molecular complexity index is 1430. The summed E-state index contributed by atoms with van der Waals surface area (Å²) in [5.41, 5.74) is 3.02. The van der Waals surface area contributed by atoms with Crippen molar-refractivity contribution in [3.05, 3.63) is 120 Å². The van der Waals surface area contributed by atoms with Crippen LogP contribution in [0.25, 0.3) is 11.1 Å². The summed E-state index contributed by atoms with van der Waals surface area (Å²) in [6.45, 7) is 0.790. The minimum Gasteiger partial charge on any atom is -0.492 e. The van der Waals surface area contributed by atoms with Crippen LogP contribution in [0.15, 0.2) is 97.2 Å². The number of benzene rings is 3. The lowest BCUT2D eigenvalue weighted by Crippen LogP contribution is -2.30. The Morgan fingerprint density at radius 1 is 0.946 bits per heavy atom. The first-order valence-corrected chi connectivity index (χ1v) is 11.7. The van der Waals surface area contributed by atoms with Gasteiger partial charge in [-0.2, -0.15) is 0 Å². The van der Waals surface area contributed by atoms with Crippen LogP contribution in [0.3, 0.4) is 0 Å². The van der Waals surface area contributed by atoms with Crippen molar-refractivity contribution in [1.29, 1.82) is 5.41 Å². The number of hydrogen-bond donors (Lipinski definition) is 3. The Kier molecular flexibility index (Phi) is 8.10. The number of nitrogens with zero attached hydrogens (tertiary/aromatic N) is 1. The summed E-state index contributed by atoms with van der Waals surface area (Å²) in [6, 6.07) is 24.5. The van der Waals surface area contributed by atoms with E-state index in [1.54, 1.807) is 71.4 Å². The van der Waals surface area contributed by atoms with E-state index in [9.17, 15) is 19.1 Å². The van der Waals surface area contributed by atoms with E-state index >= 15 is 0 Å². The summed E-state index contributed by atoms with van der Waals surface area (Å²) in [7, 11) is 0. The molecule has 1 heterocycles. The van der Waals surface area contributed by atoms with E-state index in [0.29, 0.717) is 35.5 Å². The van der Waals surface area contributed by atoms with E-state index in [4.69, 9.17) is 10.1 Å². The predicted octanol–water partition coefficient (Wildman–Crippen LogP) is 4.80. The van der Waals surface area contributed by atoms with Crippen LogP contribution in [-0.2, 0) is 11.3 Å². The van der Waals surface area contributed by atoms with E-state index in [2.05, 4.69) is 5.32 Å². The van der Waals surface area contributed by atoms with Crippen molar-refractivity contribution in [3.8, 4) is 16.9 Å². The molecule has 188 valence electrons. The number of carbonyl (C=O) groups is 2. The molecular formula is C29H26FN3O4. The SMILES string of the molecule is N=c1ccccn1CCOc1cccc(C(=O)NC(CC(=O)O)c2ccc(-c3ccc(F)cc3)cc2)c1. The molecule has 1 aromatic heterocycles. The van der Waals surface area contributed by atoms with E-state index < -0.39 is 17.9 Å². The smallest absolute Gasteiger partial charge is 0.305 e. The van der Waals surface area contributed by atoms with Gasteiger partial charge in [-0.3, -0.25) is 15.0 Å². The van der Waals surface area contributed by atoms with Gasteiger partial charge in [-0.25, -0.2) is 4.39 Å². The van der Waals surface area contributed by atoms with Gasteiger partial charge < -0.3 is 19.7 Å². The lowest BCUT2D eigenvalue weighted by molar-refractivity contribution is -0.137. The summed E-state index contributed by atoms with van der Waals surface area (Å²) in [5.74, 6) is -1.30. The molecule has 1 atom stereocenters. The molecular weight excluding hydrogens is 473 g/mol. The highest BCUT2D eigenvalue weighted by molar-refractivity contribution is 5.95. The highest BCUT2D eigenvalue weighted by atomic mass is 19.1. The fourth-order valence-corrected chi connectivity index (χ4v) is 3.88. The fraction of sp³-hybridized carbons (Fsp3) is 0.138. The molecule has 0 saturated carbocycles. The highest BCUT2D eigenvalue weighted by Crippen LogP contribution is 2.24. The van der Waals surface area contributed by atoms with E-state index in [1.807, 2.05) is 18.2 Å². The molecule has 4 rings (SSSR count). The molecule has 3 N–H and O–H groups in total. The van der Waals surface area contributed by atoms with Crippen molar-refractivity contribution in [1.82, 2.24) is 9.88 Å². The van der Waals surface area contributed by atoms with Gasteiger partial charge in [0.15, 0.2) is 0 Å². The van der Waals surface area contributed by atoms with Crippen molar-refractivity contribution in [3.63, 3.8) is 0 Å². The monoisotopic (exact) mass is 499 g/mol. The average Bonchev–Trinajstić information content (AvgIpc) is 2.90. The van der Waals surface area contributed by atoms with Gasteiger partial charge in [0.25, 0.3) is 5.91 Å². The van der Waals surface area contributed by atoms with Crippen molar-refractivity contribution < 1.29 is 23.8 Å². The number of aliphatic carboxylic acids is 1. The molecule has 0 spiro atoms. The number of pyridine rings is 1. The Balaban J connectivity index is 1.43. The molecule has 3 aromatic carbocycles. The summed E-state index contributed by atoms with van der Waals surface area (Å²) < 4.78 is 20.7. The minimum atomic E-state index is -1.04. The molecule has 4 aromatic rings. The van der Waals surface area contributed by atoms with Gasteiger partial charge in [0.1, 0.15) is 23.7 Å². The van der Waals surface area contributed by atoms with Gasteiger partial charge in [-0.1, -0.05) is 48.5 Å². The largest absolute Gasteiger partial charge is 0.492 e. The van der Waals surface area contributed by atoms with E-state index in [1.165, 1.54) is 12.1 Å². The zero-order valence-corrected chi connectivity index (χ0v) is 19.9. The lowest BCUT2D eigenvalue weighted by atomic mass is 9.98. The molecule has 0 aliphatic heterocycles. The molecule has 1 unspecified atom stereocenters. The molecule has 1 amide bonds.